The molecule has 312 valence electrons. The number of benzene rings is 4. The first-order valence-corrected chi connectivity index (χ1v) is 22.6. The Morgan fingerprint density at radius 3 is 1.26 bits per heavy atom. The summed E-state index contributed by atoms with van der Waals surface area (Å²) in [5.41, 5.74) is 11.4. The molecule has 0 aliphatic rings. The van der Waals surface area contributed by atoms with Gasteiger partial charge in [0.2, 0.25) is 0 Å². The first kappa shape index (κ1) is 46.4. The number of hydrogen-bond acceptors (Lipinski definition) is 5. The van der Waals surface area contributed by atoms with Crippen molar-refractivity contribution in [3.05, 3.63) is 98.6 Å². The first-order valence-electron chi connectivity index (χ1n) is 20.9. The van der Waals surface area contributed by atoms with E-state index >= 15 is 0 Å². The topological polar surface area (TPSA) is 46.2 Å². The molecule has 0 amide bonds. The SMILES string of the molecule is CCC(C)(C)Oc1cc(C(C)(C)CC)c(OPOc2cccc(C)c2C)c(-c2c(C)c(C(C)(C)CC)cc(C(C)(C)CC)c2OPOc2cccc(C)c2C)c1C. The van der Waals surface area contributed by atoms with Crippen molar-refractivity contribution in [1.29, 1.82) is 0 Å². The highest BCUT2D eigenvalue weighted by molar-refractivity contribution is 7.27. The van der Waals surface area contributed by atoms with Gasteiger partial charge in [0.15, 0.2) is 0 Å². The molecule has 0 saturated carbocycles. The molecule has 5 nitrogen and oxygen atoms in total. The molecule has 0 aliphatic carbocycles. The van der Waals surface area contributed by atoms with Crippen LogP contribution in [0.25, 0.3) is 11.1 Å². The van der Waals surface area contributed by atoms with E-state index in [-0.39, 0.29) is 39.9 Å². The fourth-order valence-electron chi connectivity index (χ4n) is 6.94. The van der Waals surface area contributed by atoms with E-state index in [9.17, 15) is 0 Å². The van der Waals surface area contributed by atoms with Crippen LogP contribution in [0.2, 0.25) is 0 Å². The van der Waals surface area contributed by atoms with E-state index in [1.165, 1.54) is 22.3 Å². The molecular weight excluding hydrogens is 742 g/mol. The normalized spacial score (nSPS) is 12.9. The molecule has 2 atom stereocenters. The van der Waals surface area contributed by atoms with Gasteiger partial charge in [-0.1, -0.05) is 99.6 Å². The zero-order valence-electron chi connectivity index (χ0n) is 38.5. The summed E-state index contributed by atoms with van der Waals surface area (Å²) in [7, 11) is -0.547. The van der Waals surface area contributed by atoms with Gasteiger partial charge in [-0.25, -0.2) is 0 Å². The third kappa shape index (κ3) is 10.1. The third-order valence-electron chi connectivity index (χ3n) is 13.1. The molecule has 0 radical (unpaired) electrons. The number of ether oxygens (including phenoxy) is 1. The highest BCUT2D eigenvalue weighted by Gasteiger charge is 2.37. The molecule has 7 heteroatoms. The van der Waals surface area contributed by atoms with Gasteiger partial charge in [0, 0.05) is 27.8 Å². The summed E-state index contributed by atoms with van der Waals surface area (Å²) in [4.78, 5) is 0. The summed E-state index contributed by atoms with van der Waals surface area (Å²) in [6.07, 6.45) is 3.66. The molecule has 4 aromatic rings. The molecule has 4 aromatic carbocycles. The van der Waals surface area contributed by atoms with Crippen molar-refractivity contribution in [3.8, 4) is 39.9 Å². The lowest BCUT2D eigenvalue weighted by molar-refractivity contribution is 0.104. The van der Waals surface area contributed by atoms with E-state index in [2.05, 4.69) is 149 Å². The Balaban J connectivity index is 2.17. The van der Waals surface area contributed by atoms with E-state index in [1.54, 1.807) is 0 Å². The van der Waals surface area contributed by atoms with Gasteiger partial charge >= 0.3 is 0 Å². The molecule has 0 fully saturated rings. The quantitative estimate of drug-likeness (QED) is 0.0936. The van der Waals surface area contributed by atoms with Crippen LogP contribution in [0, 0.1) is 41.5 Å². The summed E-state index contributed by atoms with van der Waals surface area (Å²) in [5, 5.41) is 0. The fraction of sp³-hybridized carbons (Fsp3) is 0.520. The van der Waals surface area contributed by atoms with Gasteiger partial charge in [0.25, 0.3) is 18.1 Å². The van der Waals surface area contributed by atoms with E-state index in [0.29, 0.717) is 0 Å². The van der Waals surface area contributed by atoms with Crippen molar-refractivity contribution < 1.29 is 22.8 Å². The molecule has 0 spiro atoms. The highest BCUT2D eigenvalue weighted by Crippen LogP contribution is 2.56. The summed E-state index contributed by atoms with van der Waals surface area (Å²) >= 11 is 0. The van der Waals surface area contributed by atoms with Crippen molar-refractivity contribution in [2.24, 2.45) is 0 Å². The molecular formula is C50H72O5P2. The smallest absolute Gasteiger partial charge is 0.275 e. The van der Waals surface area contributed by atoms with Gasteiger partial charge in [-0.15, -0.1) is 0 Å². The maximum absolute atomic E-state index is 7.10. The van der Waals surface area contributed by atoms with Crippen molar-refractivity contribution in [2.45, 2.75) is 172 Å². The molecule has 0 bridgehead atoms. The van der Waals surface area contributed by atoms with Crippen LogP contribution in [0.3, 0.4) is 0 Å². The lowest BCUT2D eigenvalue weighted by atomic mass is 9.71. The van der Waals surface area contributed by atoms with Gasteiger partial charge in [-0.3, -0.25) is 0 Å². The monoisotopic (exact) mass is 814 g/mol. The Morgan fingerprint density at radius 2 is 0.842 bits per heavy atom. The average molecular weight is 815 g/mol. The molecule has 0 N–H and O–H groups in total. The second-order valence-corrected chi connectivity index (χ2v) is 19.6. The van der Waals surface area contributed by atoms with E-state index in [1.807, 2.05) is 24.3 Å². The van der Waals surface area contributed by atoms with Crippen molar-refractivity contribution >= 4 is 18.1 Å². The second kappa shape index (κ2) is 18.3. The maximum Gasteiger partial charge on any atom is 0.275 e. The Bertz CT molecular complexity index is 2040. The van der Waals surface area contributed by atoms with Crippen molar-refractivity contribution in [3.63, 3.8) is 0 Å². The lowest BCUT2D eigenvalue weighted by Gasteiger charge is -2.36. The predicted molar refractivity (Wildman–Crippen MR) is 247 cm³/mol. The zero-order chi connectivity index (χ0) is 42.7. The number of rotatable bonds is 18. The minimum absolute atomic E-state index is 0.111. The Hall–Kier alpha value is -3.26. The highest BCUT2D eigenvalue weighted by atomic mass is 31.1. The predicted octanol–water partition coefficient (Wildman–Crippen LogP) is 15.8. The summed E-state index contributed by atoms with van der Waals surface area (Å²) in [6, 6.07) is 17.0. The lowest BCUT2D eigenvalue weighted by Crippen LogP contribution is -2.28. The van der Waals surface area contributed by atoms with Crippen molar-refractivity contribution in [2.75, 3.05) is 0 Å². The summed E-state index contributed by atoms with van der Waals surface area (Å²) in [5.74, 6) is 4.16. The standard InChI is InChI=1S/C50H72O5P2/c1-19-47(11,12)37-29-38(48(13,14)20-2)45(54-56-52-40-27-23-25-31(5)33(40)7)43(35(37)9)44-36(10)42(51-50(17,18)22-4)30-39(49(15,16)21-3)46(44)55-57-53-41-28-24-26-32(6)34(41)8/h23-30,56-57H,19-22H2,1-18H3. The first-order chi connectivity index (χ1) is 26.6. The van der Waals surface area contributed by atoms with Gasteiger partial charge < -0.3 is 22.8 Å². The van der Waals surface area contributed by atoms with Gasteiger partial charge in [0.1, 0.15) is 34.3 Å². The number of aryl methyl sites for hydroxylation is 2. The average Bonchev–Trinajstić information content (AvgIpc) is 3.16. The Morgan fingerprint density at radius 1 is 0.439 bits per heavy atom. The van der Waals surface area contributed by atoms with Crippen LogP contribution < -0.4 is 22.8 Å². The van der Waals surface area contributed by atoms with Gasteiger partial charge in [0.05, 0.1) is 0 Å². The molecule has 4 rings (SSSR count). The van der Waals surface area contributed by atoms with Crippen LogP contribution in [0.4, 0.5) is 0 Å². The Labute approximate surface area is 350 Å². The van der Waals surface area contributed by atoms with Crippen molar-refractivity contribution in [1.82, 2.24) is 0 Å². The van der Waals surface area contributed by atoms with Crippen LogP contribution in [0.15, 0.2) is 48.5 Å². The van der Waals surface area contributed by atoms with Crippen LogP contribution >= 0.6 is 18.1 Å². The Kier molecular flexibility index (Phi) is 14.9. The molecule has 0 aliphatic heterocycles. The molecule has 57 heavy (non-hydrogen) atoms. The van der Waals surface area contributed by atoms with E-state index in [0.717, 1.165) is 93.4 Å². The molecule has 0 heterocycles. The minimum Gasteiger partial charge on any atom is -0.488 e. The third-order valence-corrected chi connectivity index (χ3v) is 14.2. The van der Waals surface area contributed by atoms with Gasteiger partial charge in [-0.2, -0.15) is 0 Å². The van der Waals surface area contributed by atoms with E-state index in [4.69, 9.17) is 22.8 Å². The minimum atomic E-state index is -0.387. The molecule has 2 unspecified atom stereocenters. The summed E-state index contributed by atoms with van der Waals surface area (Å²) in [6.45, 7) is 40.1. The van der Waals surface area contributed by atoms with Crippen LogP contribution in [0.5, 0.6) is 28.7 Å². The van der Waals surface area contributed by atoms with Crippen LogP contribution in [0.1, 0.15) is 159 Å². The van der Waals surface area contributed by atoms with Gasteiger partial charge in [-0.05, 0) is 149 Å². The molecule has 0 aromatic heterocycles. The molecule has 0 saturated heterocycles. The van der Waals surface area contributed by atoms with Crippen LogP contribution in [-0.2, 0) is 16.2 Å². The van der Waals surface area contributed by atoms with E-state index < -0.39 is 0 Å². The largest absolute Gasteiger partial charge is 0.488 e. The van der Waals surface area contributed by atoms with Crippen LogP contribution in [-0.4, -0.2) is 5.60 Å². The fourth-order valence-corrected chi connectivity index (χ4v) is 8.24. The second-order valence-electron chi connectivity index (χ2n) is 18.5. The summed E-state index contributed by atoms with van der Waals surface area (Å²) < 4.78 is 34.2. The number of hydrogen-bond donors (Lipinski definition) is 0. The maximum atomic E-state index is 7.10. The zero-order valence-corrected chi connectivity index (χ0v) is 40.5.